The Bertz CT molecular complexity index is 333. The minimum atomic E-state index is 0.232. The maximum absolute atomic E-state index is 6.12. The zero-order valence-corrected chi connectivity index (χ0v) is 21.7. The molecule has 0 aliphatic carbocycles. The smallest absolute Gasteiger partial charge is 0.132 e. The van der Waals surface area contributed by atoms with Crippen LogP contribution >= 0.6 is 0 Å². The zero-order valence-electron chi connectivity index (χ0n) is 21.7. The minimum absolute atomic E-state index is 0.232. The summed E-state index contributed by atoms with van der Waals surface area (Å²) in [5.74, 6) is 0. The van der Waals surface area contributed by atoms with Crippen LogP contribution in [0.3, 0.4) is 0 Å². The van der Waals surface area contributed by atoms with Crippen LogP contribution in [0.5, 0.6) is 0 Å². The normalized spacial score (nSPS) is 13.1. The van der Waals surface area contributed by atoms with E-state index in [1.54, 1.807) is 0 Å². The molecule has 1 unspecified atom stereocenters. The van der Waals surface area contributed by atoms with Crippen LogP contribution in [0, 0.1) is 0 Å². The second kappa shape index (κ2) is 22.1. The maximum atomic E-state index is 6.12. The molecule has 0 N–H and O–H groups in total. The molecule has 3 nitrogen and oxygen atoms in total. The van der Waals surface area contributed by atoms with E-state index in [1.807, 2.05) is 14.1 Å². The van der Waals surface area contributed by atoms with Crippen LogP contribution < -0.4 is 0 Å². The first-order valence-electron chi connectivity index (χ1n) is 13.7. The summed E-state index contributed by atoms with van der Waals surface area (Å²) in [5.41, 5.74) is 0. The fourth-order valence-electron chi connectivity index (χ4n) is 4.13. The number of hydrogen-bond donors (Lipinski definition) is 0. The monoisotopic (exact) mass is 428 g/mol. The molecule has 0 aromatic carbocycles. The van der Waals surface area contributed by atoms with E-state index in [0.717, 1.165) is 19.4 Å². The summed E-state index contributed by atoms with van der Waals surface area (Å²) in [4.78, 5) is 12.3. The predicted molar refractivity (Wildman–Crippen MR) is 132 cm³/mol. The van der Waals surface area contributed by atoms with E-state index in [4.69, 9.17) is 9.68 Å². The molecular weight excluding hydrogens is 370 g/mol. The van der Waals surface area contributed by atoms with Crippen molar-refractivity contribution in [2.75, 3.05) is 20.7 Å². The summed E-state index contributed by atoms with van der Waals surface area (Å²) in [6, 6.07) is 0. The highest BCUT2D eigenvalue weighted by Crippen LogP contribution is 2.15. The summed E-state index contributed by atoms with van der Waals surface area (Å²) < 4.78 is 0. The average molecular weight is 429 g/mol. The van der Waals surface area contributed by atoms with Gasteiger partial charge in [0.05, 0.1) is 0 Å². The predicted octanol–water partition coefficient (Wildman–Crippen LogP) is 9.16. The van der Waals surface area contributed by atoms with E-state index in [1.165, 1.54) is 116 Å². The van der Waals surface area contributed by atoms with Crippen LogP contribution in [0.1, 0.15) is 149 Å². The highest BCUT2D eigenvalue weighted by atomic mass is 17.0. The van der Waals surface area contributed by atoms with Gasteiger partial charge in [-0.15, -0.1) is 0 Å². The summed E-state index contributed by atoms with van der Waals surface area (Å²) in [6.45, 7) is 7.56. The molecule has 0 saturated carbocycles. The second-order valence-electron chi connectivity index (χ2n) is 9.80. The van der Waals surface area contributed by atoms with Gasteiger partial charge in [-0.1, -0.05) is 129 Å². The number of hydroxylamine groups is 4. The van der Waals surface area contributed by atoms with Crippen molar-refractivity contribution in [1.29, 1.82) is 0 Å². The molecule has 182 valence electrons. The molecule has 0 amide bonds. The first-order valence-corrected chi connectivity index (χ1v) is 13.7. The van der Waals surface area contributed by atoms with Crippen molar-refractivity contribution in [2.24, 2.45) is 0 Å². The van der Waals surface area contributed by atoms with Gasteiger partial charge in [-0.05, 0) is 24.6 Å². The van der Waals surface area contributed by atoms with Gasteiger partial charge in [0.25, 0.3) is 0 Å². The molecule has 30 heavy (non-hydrogen) atoms. The van der Waals surface area contributed by atoms with Crippen LogP contribution in [0.25, 0.3) is 0 Å². The largest absolute Gasteiger partial charge is 0.169 e. The van der Waals surface area contributed by atoms with Crippen molar-refractivity contribution >= 4 is 0 Å². The molecule has 0 radical (unpaired) electrons. The number of quaternary nitrogens is 1. The third-order valence-electron chi connectivity index (χ3n) is 6.05. The lowest BCUT2D eigenvalue weighted by molar-refractivity contribution is -1.23. The number of hydrogen-bond acceptors (Lipinski definition) is 2. The van der Waals surface area contributed by atoms with Crippen LogP contribution in [0.2, 0.25) is 0 Å². The first kappa shape index (κ1) is 29.9. The summed E-state index contributed by atoms with van der Waals surface area (Å²) in [6.07, 6.45) is 27.4. The molecule has 0 rings (SSSR count). The van der Waals surface area contributed by atoms with Gasteiger partial charge in [-0.25, -0.2) is 0 Å². The van der Waals surface area contributed by atoms with Crippen molar-refractivity contribution in [3.05, 3.63) is 0 Å². The molecule has 3 heteroatoms. The lowest BCUT2D eigenvalue weighted by atomic mass is 10.1. The Hall–Kier alpha value is -0.120. The fourth-order valence-corrected chi connectivity index (χ4v) is 4.13. The SMILES string of the molecule is CCCCCCCCCCCCO[N+](C)(C)OC(C)CCCCCCCCCCC. The van der Waals surface area contributed by atoms with E-state index in [0.29, 0.717) is 0 Å². The van der Waals surface area contributed by atoms with E-state index < -0.39 is 0 Å². The van der Waals surface area contributed by atoms with Gasteiger partial charge >= 0.3 is 0 Å². The van der Waals surface area contributed by atoms with Crippen LogP contribution in [-0.4, -0.2) is 31.6 Å². The van der Waals surface area contributed by atoms with E-state index in [9.17, 15) is 0 Å². The Labute approximate surface area is 190 Å². The quantitative estimate of drug-likeness (QED) is 0.0866. The Morgan fingerprint density at radius 3 is 1.33 bits per heavy atom. The average Bonchev–Trinajstić information content (AvgIpc) is 2.70. The third kappa shape index (κ3) is 22.6. The van der Waals surface area contributed by atoms with E-state index in [-0.39, 0.29) is 10.9 Å². The highest BCUT2D eigenvalue weighted by molar-refractivity contribution is 4.51. The second-order valence-corrected chi connectivity index (χ2v) is 9.80. The number of rotatable bonds is 24. The van der Waals surface area contributed by atoms with Gasteiger partial charge in [0, 0.05) is 0 Å². The van der Waals surface area contributed by atoms with Crippen LogP contribution in [-0.2, 0) is 9.68 Å². The topological polar surface area (TPSA) is 18.5 Å². The van der Waals surface area contributed by atoms with Crippen LogP contribution in [0.15, 0.2) is 0 Å². The molecule has 0 aromatic rings. The van der Waals surface area contributed by atoms with Gasteiger partial charge < -0.3 is 0 Å². The van der Waals surface area contributed by atoms with Crippen molar-refractivity contribution in [3.8, 4) is 0 Å². The fraction of sp³-hybridized carbons (Fsp3) is 1.00. The lowest BCUT2D eigenvalue weighted by Gasteiger charge is -2.27. The third-order valence-corrected chi connectivity index (χ3v) is 6.05. The molecule has 0 bridgehead atoms. The number of unbranched alkanes of at least 4 members (excludes halogenated alkanes) is 17. The molecule has 0 saturated heterocycles. The highest BCUT2D eigenvalue weighted by Gasteiger charge is 2.22. The first-order chi connectivity index (χ1) is 14.5. The molecule has 0 heterocycles. The lowest BCUT2D eigenvalue weighted by Crippen LogP contribution is -2.42. The molecular formula is C27H58NO2+. The standard InChI is InChI=1S/C27H58NO2/c1-6-8-10-12-14-16-18-20-22-24-26-29-28(4,5)30-27(3)25-23-21-19-17-15-13-11-9-7-2/h27H,6-26H2,1-5H3/q+1. The van der Waals surface area contributed by atoms with Gasteiger partial charge in [0.2, 0.25) is 0 Å². The van der Waals surface area contributed by atoms with E-state index >= 15 is 0 Å². The minimum Gasteiger partial charge on any atom is -0.169 e. The zero-order chi connectivity index (χ0) is 22.3. The van der Waals surface area contributed by atoms with Crippen molar-refractivity contribution in [2.45, 2.75) is 155 Å². The molecule has 0 spiro atoms. The molecule has 0 aliphatic heterocycles. The van der Waals surface area contributed by atoms with Crippen molar-refractivity contribution in [3.63, 3.8) is 0 Å². The molecule has 0 fully saturated rings. The summed E-state index contributed by atoms with van der Waals surface area (Å²) >= 11 is 0. The summed E-state index contributed by atoms with van der Waals surface area (Å²) in [5, 5.41) is 0. The Morgan fingerprint density at radius 2 is 0.900 bits per heavy atom. The Morgan fingerprint density at radius 1 is 0.533 bits per heavy atom. The van der Waals surface area contributed by atoms with Gasteiger partial charge in [-0.2, -0.15) is 9.68 Å². The van der Waals surface area contributed by atoms with Crippen molar-refractivity contribution < 1.29 is 14.5 Å². The van der Waals surface area contributed by atoms with Gasteiger partial charge in [0.1, 0.15) is 26.8 Å². The molecule has 1 atom stereocenters. The number of nitrogens with zero attached hydrogens (tertiary/aromatic N) is 1. The van der Waals surface area contributed by atoms with E-state index in [2.05, 4.69) is 20.8 Å². The molecule has 0 aliphatic rings. The van der Waals surface area contributed by atoms with Crippen molar-refractivity contribution in [1.82, 2.24) is 0 Å². The Balaban J connectivity index is 3.47. The molecule has 0 aromatic heterocycles. The summed E-state index contributed by atoms with van der Waals surface area (Å²) in [7, 11) is 4.03. The van der Waals surface area contributed by atoms with Gasteiger partial charge in [0.15, 0.2) is 0 Å². The maximum Gasteiger partial charge on any atom is 0.132 e. The Kier molecular flexibility index (Phi) is 22.0. The van der Waals surface area contributed by atoms with Gasteiger partial charge in [-0.3, -0.25) is 0 Å². The van der Waals surface area contributed by atoms with Crippen LogP contribution in [0.4, 0.5) is 0 Å².